The molecule has 0 saturated heterocycles. The zero-order valence-electron chi connectivity index (χ0n) is 18.5. The fourth-order valence-electron chi connectivity index (χ4n) is 3.28. The first-order chi connectivity index (χ1) is 16.0. The van der Waals surface area contributed by atoms with Gasteiger partial charge in [0.05, 0.1) is 7.11 Å². The molecule has 0 aliphatic heterocycles. The predicted molar refractivity (Wildman–Crippen MR) is 137 cm³/mol. The number of benzene rings is 3. The lowest BCUT2D eigenvalue weighted by Gasteiger charge is -2.27. The molecule has 3 aromatic carbocycles. The Labute approximate surface area is 207 Å². The SMILES string of the molecule is CCN(C(=O)C(Cc1ccccc1)NC(=O)NSc1ccccc1Br)c1ccc(OC)cc1. The van der Waals surface area contributed by atoms with E-state index in [-0.39, 0.29) is 5.91 Å². The van der Waals surface area contributed by atoms with Gasteiger partial charge in [-0.2, -0.15) is 0 Å². The van der Waals surface area contributed by atoms with Crippen molar-refractivity contribution < 1.29 is 14.3 Å². The molecule has 0 heterocycles. The maximum absolute atomic E-state index is 13.5. The van der Waals surface area contributed by atoms with Crippen LogP contribution in [0.4, 0.5) is 10.5 Å². The Morgan fingerprint density at radius 3 is 2.30 bits per heavy atom. The van der Waals surface area contributed by atoms with Crippen molar-refractivity contribution in [3.63, 3.8) is 0 Å². The third-order valence-corrected chi connectivity index (χ3v) is 6.76. The number of hydrogen-bond acceptors (Lipinski definition) is 4. The molecule has 3 amide bonds. The summed E-state index contributed by atoms with van der Waals surface area (Å²) in [6.45, 7) is 2.37. The highest BCUT2D eigenvalue weighted by molar-refractivity contribution is 9.10. The standard InChI is InChI=1S/C25H26BrN3O3S/c1-3-29(19-13-15-20(32-2)16-14-19)24(30)22(17-18-9-5-4-6-10-18)27-25(31)28-33-23-12-8-7-11-21(23)26/h4-16,22H,3,17H2,1-2H3,(H2,27,28,31). The minimum absolute atomic E-state index is 0.187. The zero-order valence-corrected chi connectivity index (χ0v) is 20.9. The maximum atomic E-state index is 13.5. The van der Waals surface area contributed by atoms with E-state index in [9.17, 15) is 9.59 Å². The van der Waals surface area contributed by atoms with Gasteiger partial charge in [-0.3, -0.25) is 9.52 Å². The third-order valence-electron chi connectivity index (χ3n) is 4.94. The van der Waals surface area contributed by atoms with Crippen LogP contribution >= 0.6 is 27.9 Å². The lowest BCUT2D eigenvalue weighted by atomic mass is 10.0. The molecule has 2 N–H and O–H groups in total. The minimum Gasteiger partial charge on any atom is -0.497 e. The largest absolute Gasteiger partial charge is 0.497 e. The van der Waals surface area contributed by atoms with Crippen molar-refractivity contribution in [2.24, 2.45) is 0 Å². The number of carbonyl (C=O) groups excluding carboxylic acids is 2. The highest BCUT2D eigenvalue weighted by Crippen LogP contribution is 2.25. The van der Waals surface area contributed by atoms with Crippen molar-refractivity contribution in [3.8, 4) is 5.75 Å². The van der Waals surface area contributed by atoms with Crippen LogP contribution in [0, 0.1) is 0 Å². The summed E-state index contributed by atoms with van der Waals surface area (Å²) in [5.41, 5.74) is 1.70. The average molecular weight is 528 g/mol. The molecule has 0 spiro atoms. The monoisotopic (exact) mass is 527 g/mol. The van der Waals surface area contributed by atoms with Gasteiger partial charge in [-0.25, -0.2) is 4.79 Å². The molecule has 6 nitrogen and oxygen atoms in total. The van der Waals surface area contributed by atoms with E-state index in [1.807, 2.05) is 85.8 Å². The molecule has 1 atom stereocenters. The molecule has 1 unspecified atom stereocenters. The summed E-state index contributed by atoms with van der Waals surface area (Å²) >= 11 is 4.65. The third kappa shape index (κ3) is 7.00. The Morgan fingerprint density at radius 2 is 1.67 bits per heavy atom. The van der Waals surface area contributed by atoms with Gasteiger partial charge in [-0.05, 0) is 76.8 Å². The van der Waals surface area contributed by atoms with E-state index in [4.69, 9.17) is 4.74 Å². The highest BCUT2D eigenvalue weighted by Gasteiger charge is 2.27. The summed E-state index contributed by atoms with van der Waals surface area (Å²) in [6.07, 6.45) is 0.374. The molecular weight excluding hydrogens is 502 g/mol. The normalized spacial score (nSPS) is 11.4. The minimum atomic E-state index is -0.741. The number of methoxy groups -OCH3 is 1. The molecule has 8 heteroatoms. The molecule has 0 aromatic heterocycles. The number of anilines is 1. The number of nitrogens with one attached hydrogen (secondary N) is 2. The van der Waals surface area contributed by atoms with E-state index >= 15 is 0 Å². The van der Waals surface area contributed by atoms with Crippen LogP contribution in [0.2, 0.25) is 0 Å². The smallest absolute Gasteiger partial charge is 0.325 e. The second kappa shape index (κ2) is 12.3. The van der Waals surface area contributed by atoms with Crippen LogP contribution in [0.5, 0.6) is 5.75 Å². The van der Waals surface area contributed by atoms with Crippen molar-refractivity contribution in [2.75, 3.05) is 18.6 Å². The number of halogens is 1. The maximum Gasteiger partial charge on any atom is 0.325 e. The number of ether oxygens (including phenoxy) is 1. The molecule has 172 valence electrons. The predicted octanol–water partition coefficient (Wildman–Crippen LogP) is 5.43. The van der Waals surface area contributed by atoms with Gasteiger partial charge < -0.3 is 15.0 Å². The van der Waals surface area contributed by atoms with Crippen LogP contribution < -0.4 is 19.7 Å². The molecule has 33 heavy (non-hydrogen) atoms. The molecule has 0 bridgehead atoms. The quantitative estimate of drug-likeness (QED) is 0.364. The summed E-state index contributed by atoms with van der Waals surface area (Å²) in [7, 11) is 1.60. The van der Waals surface area contributed by atoms with Crippen LogP contribution in [-0.2, 0) is 11.2 Å². The van der Waals surface area contributed by atoms with Crippen molar-refractivity contribution in [1.82, 2.24) is 10.0 Å². The van der Waals surface area contributed by atoms with Gasteiger partial charge in [0.1, 0.15) is 11.8 Å². The summed E-state index contributed by atoms with van der Waals surface area (Å²) in [6, 6.07) is 23.4. The number of urea groups is 1. The molecule has 0 aliphatic carbocycles. The first-order valence-corrected chi connectivity index (χ1v) is 12.1. The van der Waals surface area contributed by atoms with Crippen molar-refractivity contribution in [2.45, 2.75) is 24.3 Å². The lowest BCUT2D eigenvalue weighted by Crippen LogP contribution is -2.51. The van der Waals surface area contributed by atoms with Crippen molar-refractivity contribution in [1.29, 1.82) is 0 Å². The van der Waals surface area contributed by atoms with Crippen LogP contribution in [0.15, 0.2) is 88.2 Å². The fourth-order valence-corrected chi connectivity index (χ4v) is 4.38. The Morgan fingerprint density at radius 1 is 1.00 bits per heavy atom. The van der Waals surface area contributed by atoms with Gasteiger partial charge in [0.15, 0.2) is 0 Å². The van der Waals surface area contributed by atoms with Crippen LogP contribution in [-0.4, -0.2) is 31.6 Å². The number of hydrogen-bond donors (Lipinski definition) is 2. The molecule has 0 fully saturated rings. The lowest BCUT2D eigenvalue weighted by molar-refractivity contribution is -0.120. The first-order valence-electron chi connectivity index (χ1n) is 10.5. The summed E-state index contributed by atoms with van der Waals surface area (Å²) in [5, 5.41) is 2.86. The number of likely N-dealkylation sites (N-methyl/N-ethyl adjacent to an activating group) is 1. The molecule has 0 saturated carbocycles. The fraction of sp³-hybridized carbons (Fsp3) is 0.200. The van der Waals surface area contributed by atoms with Gasteiger partial charge >= 0.3 is 6.03 Å². The van der Waals surface area contributed by atoms with Crippen LogP contribution in [0.25, 0.3) is 0 Å². The number of rotatable bonds is 9. The summed E-state index contributed by atoms with van der Waals surface area (Å²) < 4.78 is 8.87. The van der Waals surface area contributed by atoms with E-state index in [0.717, 1.165) is 20.6 Å². The van der Waals surface area contributed by atoms with Crippen LogP contribution in [0.3, 0.4) is 0 Å². The Balaban J connectivity index is 1.76. The van der Waals surface area contributed by atoms with Gasteiger partial charge in [0, 0.05) is 28.0 Å². The van der Waals surface area contributed by atoms with E-state index in [0.29, 0.717) is 18.7 Å². The van der Waals surface area contributed by atoms with E-state index in [1.54, 1.807) is 12.0 Å². The average Bonchev–Trinajstić information content (AvgIpc) is 2.84. The van der Waals surface area contributed by atoms with Crippen molar-refractivity contribution >= 4 is 45.5 Å². The Hall–Kier alpha value is -2.97. The van der Waals surface area contributed by atoms with Crippen LogP contribution in [0.1, 0.15) is 12.5 Å². The van der Waals surface area contributed by atoms with E-state index < -0.39 is 12.1 Å². The number of amides is 3. The molecular formula is C25H26BrN3O3S. The second-order valence-electron chi connectivity index (χ2n) is 7.13. The molecule has 3 rings (SSSR count). The zero-order chi connectivity index (χ0) is 23.6. The molecule has 0 aliphatic rings. The Bertz CT molecular complexity index is 1060. The van der Waals surface area contributed by atoms with E-state index in [1.165, 1.54) is 11.9 Å². The first kappa shape index (κ1) is 24.7. The van der Waals surface area contributed by atoms with Gasteiger partial charge in [0.2, 0.25) is 5.91 Å². The summed E-state index contributed by atoms with van der Waals surface area (Å²) in [4.78, 5) is 28.8. The topological polar surface area (TPSA) is 70.7 Å². The van der Waals surface area contributed by atoms with Gasteiger partial charge in [-0.15, -0.1) is 0 Å². The van der Waals surface area contributed by atoms with Gasteiger partial charge in [0.25, 0.3) is 0 Å². The molecule has 0 radical (unpaired) electrons. The van der Waals surface area contributed by atoms with Gasteiger partial charge in [-0.1, -0.05) is 42.5 Å². The second-order valence-corrected chi connectivity index (χ2v) is 8.83. The summed E-state index contributed by atoms with van der Waals surface area (Å²) in [5.74, 6) is 0.525. The molecule has 3 aromatic rings. The van der Waals surface area contributed by atoms with Crippen molar-refractivity contribution in [3.05, 3.63) is 88.9 Å². The van der Waals surface area contributed by atoms with E-state index in [2.05, 4.69) is 26.0 Å². The Kier molecular flexibility index (Phi) is 9.21. The highest BCUT2D eigenvalue weighted by atomic mass is 79.9. The number of carbonyl (C=O) groups is 2. The number of nitrogens with zero attached hydrogens (tertiary/aromatic N) is 1.